The number of alkyl halides is 9. The van der Waals surface area contributed by atoms with Crippen LogP contribution >= 0.6 is 7.82 Å². The van der Waals surface area contributed by atoms with E-state index >= 15 is 0 Å². The Labute approximate surface area is 226 Å². The number of phosphoric ester groups is 1. The highest BCUT2D eigenvalue weighted by Gasteiger charge is 2.39. The quantitative estimate of drug-likeness (QED) is 0.0488. The van der Waals surface area contributed by atoms with Gasteiger partial charge in [-0.1, -0.05) is 19.7 Å². The van der Waals surface area contributed by atoms with E-state index in [1.165, 1.54) is 0 Å². The lowest BCUT2D eigenvalue weighted by Gasteiger charge is -2.18. The normalized spacial score (nSPS) is 12.4. The molecule has 236 valence electrons. The van der Waals surface area contributed by atoms with Crippen LogP contribution in [0.15, 0.2) is 36.5 Å². The minimum absolute atomic E-state index is 0.345. The lowest BCUT2D eigenvalue weighted by Crippen LogP contribution is -2.22. The third kappa shape index (κ3) is 15.6. The second-order valence-electron chi connectivity index (χ2n) is 7.34. The molecule has 0 saturated heterocycles. The van der Waals surface area contributed by atoms with Crippen molar-refractivity contribution in [3.05, 3.63) is 36.5 Å². The molecule has 0 aromatic rings. The van der Waals surface area contributed by atoms with Crippen molar-refractivity contribution < 1.29 is 86.2 Å². The first-order valence-electron chi connectivity index (χ1n) is 10.9. The molecule has 0 heterocycles. The highest BCUT2D eigenvalue weighted by Crippen LogP contribution is 2.49. The van der Waals surface area contributed by atoms with Crippen LogP contribution in [0, 0.1) is 0 Å². The van der Waals surface area contributed by atoms with Gasteiger partial charge >= 0.3 is 44.3 Å². The van der Waals surface area contributed by atoms with E-state index in [4.69, 9.17) is 13.6 Å². The number of carbonyl (C=O) groups is 3. The summed E-state index contributed by atoms with van der Waals surface area (Å²) in [6, 6.07) is 0. The van der Waals surface area contributed by atoms with Crippen LogP contribution in [0.1, 0.15) is 19.3 Å². The van der Waals surface area contributed by atoms with Crippen molar-refractivity contribution in [3.8, 4) is 0 Å². The van der Waals surface area contributed by atoms with Gasteiger partial charge in [0.05, 0.1) is 39.6 Å². The molecule has 0 unspecified atom stereocenters. The average Bonchev–Trinajstić information content (AvgIpc) is 2.84. The summed E-state index contributed by atoms with van der Waals surface area (Å²) in [6.45, 7) is 3.78. The molecule has 0 bridgehead atoms. The second kappa shape index (κ2) is 16.5. The van der Waals surface area contributed by atoms with Gasteiger partial charge in [0.1, 0.15) is 16.7 Å². The zero-order valence-electron chi connectivity index (χ0n) is 20.9. The zero-order chi connectivity index (χ0) is 32.1. The second-order valence-corrected chi connectivity index (χ2v) is 9.01. The summed E-state index contributed by atoms with van der Waals surface area (Å²) in [6.07, 6.45) is -16.1. The molecule has 0 radical (unpaired) electrons. The number of rotatable bonds is 18. The molecule has 0 spiro atoms. The first-order valence-corrected chi connectivity index (χ1v) is 12.4. The largest absolute Gasteiger partial charge is 0.474 e. The Morgan fingerprint density at radius 3 is 0.902 bits per heavy atom. The number of hydrogen-bond acceptors (Lipinski definition) is 10. The third-order valence-corrected chi connectivity index (χ3v) is 5.58. The van der Waals surface area contributed by atoms with Crippen LogP contribution in [0.3, 0.4) is 0 Å². The molecule has 0 N–H and O–H groups in total. The summed E-state index contributed by atoms with van der Waals surface area (Å²) < 4.78 is 152. The molecule has 0 rings (SSSR count). The fourth-order valence-electron chi connectivity index (χ4n) is 1.92. The molecule has 0 aromatic heterocycles. The summed E-state index contributed by atoms with van der Waals surface area (Å²) >= 11 is 0. The van der Waals surface area contributed by atoms with Crippen molar-refractivity contribution in [2.24, 2.45) is 0 Å². The van der Waals surface area contributed by atoms with Gasteiger partial charge < -0.3 is 14.2 Å². The summed E-state index contributed by atoms with van der Waals surface area (Å²) in [5, 5.41) is 0. The maximum absolute atomic E-state index is 12.7. The molecule has 0 aromatic carbocycles. The van der Waals surface area contributed by atoms with E-state index in [-0.39, 0.29) is 19.3 Å². The minimum atomic E-state index is -5.03. The molecule has 0 fully saturated rings. The third-order valence-electron chi connectivity index (χ3n) is 4.08. The van der Waals surface area contributed by atoms with Crippen LogP contribution in [-0.2, 0) is 46.7 Å². The molecule has 0 aliphatic rings. The van der Waals surface area contributed by atoms with Crippen LogP contribution in [0.5, 0.6) is 0 Å². The summed E-state index contributed by atoms with van der Waals surface area (Å²) in [5.41, 5.74) is -5.35. The topological polar surface area (TPSA) is 124 Å². The zero-order valence-corrected chi connectivity index (χ0v) is 21.8. The Balaban J connectivity index is 4.83. The minimum Gasteiger partial charge on any atom is -0.462 e. The van der Waals surface area contributed by atoms with Gasteiger partial charge in [0.25, 0.3) is 0 Å². The molecule has 0 amide bonds. The lowest BCUT2D eigenvalue weighted by atomic mass is 10.3. The fourth-order valence-corrected chi connectivity index (χ4v) is 3.20. The maximum Gasteiger partial charge on any atom is 0.474 e. The number of ether oxygens (including phenoxy) is 3. The average molecular weight is 638 g/mol. The van der Waals surface area contributed by atoms with Crippen LogP contribution < -0.4 is 0 Å². The smallest absolute Gasteiger partial charge is 0.462 e. The molecule has 41 heavy (non-hydrogen) atoms. The standard InChI is InChI=1S/C21H24F9O10P/c1-13(19(22,23)24)16(31)35-7-4-10-38-41(34,39-11-5-8-36-17(32)14(2)20(25,26)27)40-12-6-9-37-18(33)15(3)21(28,29)30/h1-12H2. The fraction of sp³-hybridized carbons (Fsp3) is 0.571. The Morgan fingerprint density at radius 1 is 0.488 bits per heavy atom. The molecular formula is C21H24F9O10P. The molecule has 0 saturated carbocycles. The summed E-state index contributed by atoms with van der Waals surface area (Å²) in [4.78, 5) is 33.8. The first-order chi connectivity index (χ1) is 18.6. The monoisotopic (exact) mass is 638 g/mol. The predicted molar refractivity (Wildman–Crippen MR) is 118 cm³/mol. The molecule has 0 aliphatic carbocycles. The van der Waals surface area contributed by atoms with Crippen LogP contribution in [0.2, 0.25) is 0 Å². The van der Waals surface area contributed by atoms with Gasteiger partial charge in [-0.15, -0.1) is 0 Å². The SMILES string of the molecule is C=C(C(=O)OCCCOP(=O)(OCCCOC(=O)C(=C)C(F)(F)F)OCCCOC(=O)C(=C)C(F)(F)F)C(F)(F)F. The summed E-state index contributed by atoms with van der Waals surface area (Å²) in [7, 11) is -4.56. The van der Waals surface area contributed by atoms with E-state index in [2.05, 4.69) is 33.9 Å². The number of carbonyl (C=O) groups excluding carboxylic acids is 3. The molecule has 0 aliphatic heterocycles. The van der Waals surface area contributed by atoms with Gasteiger partial charge in [-0.25, -0.2) is 18.9 Å². The number of hydrogen-bond donors (Lipinski definition) is 0. The van der Waals surface area contributed by atoms with Crippen molar-refractivity contribution in [2.75, 3.05) is 39.6 Å². The molecule has 20 heteroatoms. The van der Waals surface area contributed by atoms with Gasteiger partial charge in [0.2, 0.25) is 0 Å². The molecular weight excluding hydrogens is 614 g/mol. The van der Waals surface area contributed by atoms with Crippen molar-refractivity contribution >= 4 is 25.7 Å². The number of esters is 3. The predicted octanol–water partition coefficient (Wildman–Crippen LogP) is 5.30. The van der Waals surface area contributed by atoms with E-state index in [0.717, 1.165) is 0 Å². The maximum atomic E-state index is 12.7. The van der Waals surface area contributed by atoms with Crippen molar-refractivity contribution in [3.63, 3.8) is 0 Å². The van der Waals surface area contributed by atoms with Crippen molar-refractivity contribution in [1.82, 2.24) is 0 Å². The molecule has 0 atom stereocenters. The van der Waals surface area contributed by atoms with E-state index in [1.807, 2.05) is 0 Å². The van der Waals surface area contributed by atoms with E-state index in [9.17, 15) is 58.5 Å². The first kappa shape index (κ1) is 38.1. The van der Waals surface area contributed by atoms with E-state index in [0.29, 0.717) is 0 Å². The van der Waals surface area contributed by atoms with Crippen LogP contribution in [0.4, 0.5) is 39.5 Å². The Kier molecular flexibility index (Phi) is 15.4. The van der Waals surface area contributed by atoms with Crippen LogP contribution in [0.25, 0.3) is 0 Å². The highest BCUT2D eigenvalue weighted by molar-refractivity contribution is 7.48. The highest BCUT2D eigenvalue weighted by atomic mass is 31.2. The van der Waals surface area contributed by atoms with Gasteiger partial charge in [-0.2, -0.15) is 39.5 Å². The Morgan fingerprint density at radius 2 is 0.707 bits per heavy atom. The van der Waals surface area contributed by atoms with Crippen molar-refractivity contribution in [1.29, 1.82) is 0 Å². The van der Waals surface area contributed by atoms with Gasteiger partial charge in [-0.3, -0.25) is 13.6 Å². The lowest BCUT2D eigenvalue weighted by molar-refractivity contribution is -0.152. The van der Waals surface area contributed by atoms with Gasteiger partial charge in [-0.05, 0) is 0 Å². The Hall–Kier alpha value is -2.89. The number of halogens is 9. The number of phosphoric acid groups is 1. The Bertz CT molecular complexity index is 880. The van der Waals surface area contributed by atoms with Gasteiger partial charge in [0.15, 0.2) is 0 Å². The van der Waals surface area contributed by atoms with Gasteiger partial charge in [0, 0.05) is 19.3 Å². The molecule has 10 nitrogen and oxygen atoms in total. The summed E-state index contributed by atoms with van der Waals surface area (Å²) in [5.74, 6) is -5.34. The van der Waals surface area contributed by atoms with E-state index in [1.54, 1.807) is 0 Å². The van der Waals surface area contributed by atoms with Crippen LogP contribution in [-0.4, -0.2) is 76.1 Å². The van der Waals surface area contributed by atoms with Crippen molar-refractivity contribution in [2.45, 2.75) is 37.8 Å². The van der Waals surface area contributed by atoms with E-state index < -0.39 is 101 Å².